The Kier molecular flexibility index (Phi) is 2.86. The molecule has 0 N–H and O–H groups in total. The lowest BCUT2D eigenvalue weighted by Crippen LogP contribution is -2.08. The first kappa shape index (κ1) is 10.4. The molecule has 0 bridgehead atoms. The van der Waals surface area contributed by atoms with Crippen molar-refractivity contribution in [2.24, 2.45) is 5.92 Å². The Balaban J connectivity index is 2.09. The maximum absolute atomic E-state index is 10.6. The summed E-state index contributed by atoms with van der Waals surface area (Å²) in [6.07, 6.45) is 8.00. The molecule has 1 aromatic rings. The average Bonchev–Trinajstić information content (AvgIpc) is 2.75. The fraction of sp³-hybridized carbons (Fsp3) is 0.444. The predicted octanol–water partition coefficient (Wildman–Crippen LogP) is 2.52. The molecule has 0 saturated carbocycles. The van der Waals surface area contributed by atoms with E-state index in [1.807, 2.05) is 0 Å². The van der Waals surface area contributed by atoms with Crippen LogP contribution in [0.2, 0.25) is 0 Å². The van der Waals surface area contributed by atoms with Crippen LogP contribution in [0.15, 0.2) is 22.8 Å². The van der Waals surface area contributed by atoms with Crippen molar-refractivity contribution >= 4 is 21.7 Å². The van der Waals surface area contributed by atoms with Gasteiger partial charge in [-0.05, 0) is 39.6 Å². The van der Waals surface area contributed by atoms with Gasteiger partial charge in [-0.25, -0.2) is 0 Å². The number of allylic oxidation sites excluding steroid dienone is 2. The largest absolute Gasteiger partial charge is 0.404 e. The summed E-state index contributed by atoms with van der Waals surface area (Å²) in [6.45, 7) is 0.736. The second-order valence-corrected chi connectivity index (χ2v) is 4.44. The molecule has 1 aliphatic carbocycles. The van der Waals surface area contributed by atoms with Crippen LogP contribution in [0.4, 0.5) is 5.82 Å². The van der Waals surface area contributed by atoms with Crippen LogP contribution in [-0.4, -0.2) is 14.7 Å². The van der Waals surface area contributed by atoms with Crippen molar-refractivity contribution in [3.8, 4) is 0 Å². The molecule has 0 spiro atoms. The van der Waals surface area contributed by atoms with E-state index in [0.29, 0.717) is 10.4 Å². The second-order valence-electron chi connectivity index (χ2n) is 3.59. The van der Waals surface area contributed by atoms with Crippen molar-refractivity contribution < 1.29 is 4.92 Å². The molecule has 1 aliphatic rings. The molecule has 0 unspecified atom stereocenters. The van der Waals surface area contributed by atoms with E-state index < -0.39 is 4.92 Å². The minimum atomic E-state index is -0.479. The molecule has 2 rings (SSSR count). The SMILES string of the molecule is O=[N+]([O-])c1nn(CC2CC=CC2)cc1Br. The Hall–Kier alpha value is -1.17. The topological polar surface area (TPSA) is 61.0 Å². The number of nitrogens with zero attached hydrogens (tertiary/aromatic N) is 3. The van der Waals surface area contributed by atoms with E-state index in [1.165, 1.54) is 0 Å². The van der Waals surface area contributed by atoms with Gasteiger partial charge in [-0.2, -0.15) is 4.68 Å². The molecule has 0 aliphatic heterocycles. The minimum absolute atomic E-state index is 0.110. The quantitative estimate of drug-likeness (QED) is 0.482. The van der Waals surface area contributed by atoms with Gasteiger partial charge < -0.3 is 10.1 Å². The zero-order chi connectivity index (χ0) is 10.8. The number of aromatic nitrogens is 2. The van der Waals surface area contributed by atoms with Gasteiger partial charge in [0.25, 0.3) is 0 Å². The highest BCUT2D eigenvalue weighted by Gasteiger charge is 2.20. The normalized spacial score (nSPS) is 16.1. The average molecular weight is 272 g/mol. The van der Waals surface area contributed by atoms with E-state index in [9.17, 15) is 10.1 Å². The van der Waals surface area contributed by atoms with Crippen LogP contribution >= 0.6 is 15.9 Å². The lowest BCUT2D eigenvalue weighted by Gasteiger charge is -2.04. The highest BCUT2D eigenvalue weighted by molar-refractivity contribution is 9.10. The van der Waals surface area contributed by atoms with Crippen molar-refractivity contribution in [1.29, 1.82) is 0 Å². The molecule has 0 saturated heterocycles. The zero-order valence-corrected chi connectivity index (χ0v) is 9.55. The lowest BCUT2D eigenvalue weighted by molar-refractivity contribution is -0.390. The van der Waals surface area contributed by atoms with Gasteiger partial charge in [0.15, 0.2) is 0 Å². The van der Waals surface area contributed by atoms with Crippen molar-refractivity contribution in [2.75, 3.05) is 0 Å². The maximum atomic E-state index is 10.6. The number of rotatable bonds is 3. The van der Waals surface area contributed by atoms with Crippen LogP contribution in [0.3, 0.4) is 0 Å². The highest BCUT2D eigenvalue weighted by Crippen LogP contribution is 2.25. The first-order chi connectivity index (χ1) is 7.16. The predicted molar refractivity (Wildman–Crippen MR) is 58.4 cm³/mol. The van der Waals surface area contributed by atoms with Crippen LogP contribution in [0, 0.1) is 16.0 Å². The van der Waals surface area contributed by atoms with Gasteiger partial charge in [0.2, 0.25) is 0 Å². The summed E-state index contributed by atoms with van der Waals surface area (Å²) in [5.41, 5.74) is 0. The number of hydrogen-bond donors (Lipinski definition) is 0. The van der Waals surface area contributed by atoms with E-state index in [1.54, 1.807) is 10.9 Å². The Labute approximate surface area is 95.1 Å². The Morgan fingerprint density at radius 3 is 2.80 bits per heavy atom. The van der Waals surface area contributed by atoms with Crippen molar-refractivity contribution in [2.45, 2.75) is 19.4 Å². The van der Waals surface area contributed by atoms with Crippen LogP contribution in [-0.2, 0) is 6.54 Å². The summed E-state index contributed by atoms with van der Waals surface area (Å²) in [5, 5.41) is 14.5. The Morgan fingerprint density at radius 1 is 1.60 bits per heavy atom. The van der Waals surface area contributed by atoms with Gasteiger partial charge in [0, 0.05) is 0 Å². The highest BCUT2D eigenvalue weighted by atomic mass is 79.9. The standard InChI is InChI=1S/C9H10BrN3O2/c10-8-6-12(11-9(8)13(14)15)5-7-3-1-2-4-7/h1-2,6-7H,3-5H2. The van der Waals surface area contributed by atoms with Gasteiger partial charge in [-0.1, -0.05) is 12.2 Å². The fourth-order valence-corrected chi connectivity index (χ4v) is 2.15. The van der Waals surface area contributed by atoms with Crippen LogP contribution in [0.5, 0.6) is 0 Å². The van der Waals surface area contributed by atoms with E-state index in [0.717, 1.165) is 19.4 Å². The van der Waals surface area contributed by atoms with E-state index in [2.05, 4.69) is 33.2 Å². The first-order valence-electron chi connectivity index (χ1n) is 4.69. The third-order valence-electron chi connectivity index (χ3n) is 2.42. The molecular formula is C9H10BrN3O2. The molecular weight excluding hydrogens is 262 g/mol. The smallest absolute Gasteiger partial charge is 0.358 e. The van der Waals surface area contributed by atoms with Gasteiger partial charge in [-0.3, -0.25) is 0 Å². The second kappa shape index (κ2) is 4.14. The van der Waals surface area contributed by atoms with Gasteiger partial charge >= 0.3 is 5.82 Å². The summed E-state index contributed by atoms with van der Waals surface area (Å²) in [4.78, 5) is 10.1. The van der Waals surface area contributed by atoms with E-state index >= 15 is 0 Å². The van der Waals surface area contributed by atoms with E-state index in [4.69, 9.17) is 0 Å². The molecule has 6 heteroatoms. The van der Waals surface area contributed by atoms with Crippen molar-refractivity contribution in [3.05, 3.63) is 32.9 Å². The monoisotopic (exact) mass is 271 g/mol. The Morgan fingerprint density at radius 2 is 2.27 bits per heavy atom. The summed E-state index contributed by atoms with van der Waals surface area (Å²) < 4.78 is 2.08. The van der Waals surface area contributed by atoms with Gasteiger partial charge in [0.05, 0.1) is 17.8 Å². The molecule has 15 heavy (non-hydrogen) atoms. The van der Waals surface area contributed by atoms with Crippen LogP contribution in [0.1, 0.15) is 12.8 Å². The summed E-state index contributed by atoms with van der Waals surface area (Å²) in [5.74, 6) is 0.414. The van der Waals surface area contributed by atoms with E-state index in [-0.39, 0.29) is 5.82 Å². The third kappa shape index (κ3) is 2.26. The zero-order valence-electron chi connectivity index (χ0n) is 7.97. The molecule has 0 fully saturated rings. The maximum Gasteiger partial charge on any atom is 0.404 e. The number of halogens is 1. The summed E-state index contributed by atoms with van der Waals surface area (Å²) >= 11 is 3.13. The number of nitro groups is 1. The first-order valence-corrected chi connectivity index (χ1v) is 5.48. The molecule has 0 amide bonds. The molecule has 0 atom stereocenters. The van der Waals surface area contributed by atoms with Crippen LogP contribution in [0.25, 0.3) is 0 Å². The van der Waals surface area contributed by atoms with Gasteiger partial charge in [0.1, 0.15) is 4.47 Å². The fourth-order valence-electron chi connectivity index (χ4n) is 1.69. The molecule has 0 radical (unpaired) electrons. The minimum Gasteiger partial charge on any atom is -0.358 e. The molecule has 1 heterocycles. The van der Waals surface area contributed by atoms with Crippen molar-refractivity contribution in [3.63, 3.8) is 0 Å². The summed E-state index contributed by atoms with van der Waals surface area (Å²) in [7, 11) is 0. The Bertz CT molecular complexity index is 405. The lowest BCUT2D eigenvalue weighted by atomic mass is 10.1. The van der Waals surface area contributed by atoms with Crippen LogP contribution < -0.4 is 0 Å². The molecule has 1 aromatic heterocycles. The summed E-state index contributed by atoms with van der Waals surface area (Å²) in [6, 6.07) is 0. The molecule has 0 aromatic carbocycles. The third-order valence-corrected chi connectivity index (χ3v) is 2.98. The van der Waals surface area contributed by atoms with Crippen molar-refractivity contribution in [1.82, 2.24) is 9.78 Å². The molecule has 80 valence electrons. The van der Waals surface area contributed by atoms with Gasteiger partial charge in [-0.15, -0.1) is 0 Å². The molecule has 5 nitrogen and oxygen atoms in total. The number of hydrogen-bond acceptors (Lipinski definition) is 3.